The zero-order valence-corrected chi connectivity index (χ0v) is 14.7. The summed E-state index contributed by atoms with van der Waals surface area (Å²) >= 11 is 5.90. The van der Waals surface area contributed by atoms with Crippen molar-refractivity contribution in [3.63, 3.8) is 0 Å². The third-order valence-corrected chi connectivity index (χ3v) is 4.50. The van der Waals surface area contributed by atoms with Crippen LogP contribution in [-0.2, 0) is 0 Å². The minimum absolute atomic E-state index is 0.300. The number of carbonyl (C=O) groups excluding carboxylic acids is 3. The molecule has 6 heteroatoms. The van der Waals surface area contributed by atoms with Crippen LogP contribution in [0.25, 0.3) is 0 Å². The van der Waals surface area contributed by atoms with Crippen molar-refractivity contribution in [2.45, 2.75) is 0 Å². The molecule has 0 bridgehead atoms. The molecule has 0 radical (unpaired) electrons. The molecule has 5 nitrogen and oxygen atoms in total. The van der Waals surface area contributed by atoms with E-state index in [1.54, 1.807) is 72.8 Å². The molecule has 0 saturated heterocycles. The van der Waals surface area contributed by atoms with Crippen molar-refractivity contribution < 1.29 is 14.4 Å². The number of fused-ring (bicyclic) bond motifs is 1. The van der Waals surface area contributed by atoms with Gasteiger partial charge in [0.15, 0.2) is 0 Å². The lowest BCUT2D eigenvalue weighted by Crippen LogP contribution is -2.29. The molecule has 1 aliphatic heterocycles. The van der Waals surface area contributed by atoms with E-state index < -0.39 is 0 Å². The lowest BCUT2D eigenvalue weighted by Gasteiger charge is -2.14. The van der Waals surface area contributed by atoms with E-state index in [-0.39, 0.29) is 17.7 Å². The highest BCUT2D eigenvalue weighted by Gasteiger charge is 2.36. The fourth-order valence-electron chi connectivity index (χ4n) is 2.95. The smallest absolute Gasteiger partial charge is 0.266 e. The molecular weight excluding hydrogens is 364 g/mol. The van der Waals surface area contributed by atoms with Gasteiger partial charge in [-0.25, -0.2) is 4.90 Å². The van der Waals surface area contributed by atoms with E-state index in [9.17, 15) is 14.4 Å². The Morgan fingerprint density at radius 2 is 1.44 bits per heavy atom. The molecule has 0 unspecified atom stereocenters. The van der Waals surface area contributed by atoms with Crippen LogP contribution < -0.4 is 10.2 Å². The molecule has 3 aromatic rings. The molecule has 0 fully saturated rings. The van der Waals surface area contributed by atoms with Crippen molar-refractivity contribution in [1.29, 1.82) is 0 Å². The summed E-state index contributed by atoms with van der Waals surface area (Å²) in [6.45, 7) is 0. The summed E-state index contributed by atoms with van der Waals surface area (Å²) in [5.41, 5.74) is 2.20. The predicted molar refractivity (Wildman–Crippen MR) is 103 cm³/mol. The first kappa shape index (κ1) is 17.0. The van der Waals surface area contributed by atoms with Crippen LogP contribution in [-0.4, -0.2) is 17.7 Å². The molecule has 1 heterocycles. The Morgan fingerprint density at radius 1 is 0.815 bits per heavy atom. The minimum atomic E-state index is -0.355. The van der Waals surface area contributed by atoms with Crippen LogP contribution in [0, 0.1) is 0 Å². The van der Waals surface area contributed by atoms with Crippen molar-refractivity contribution in [3.05, 3.63) is 94.5 Å². The van der Waals surface area contributed by atoms with Gasteiger partial charge in [-0.05, 0) is 54.6 Å². The number of nitrogens with zero attached hydrogens (tertiary/aromatic N) is 1. The fraction of sp³-hybridized carbons (Fsp3) is 0. The average Bonchev–Trinajstić information content (AvgIpc) is 2.93. The molecule has 1 N–H and O–H groups in total. The number of hydrogen-bond donors (Lipinski definition) is 1. The lowest BCUT2D eigenvalue weighted by molar-refractivity contribution is 0.0924. The molecule has 3 aromatic carbocycles. The highest BCUT2D eigenvalue weighted by Crippen LogP contribution is 2.29. The van der Waals surface area contributed by atoms with Gasteiger partial charge in [0.25, 0.3) is 17.7 Å². The van der Waals surface area contributed by atoms with E-state index in [2.05, 4.69) is 5.32 Å². The molecule has 0 saturated carbocycles. The third-order valence-electron chi connectivity index (χ3n) is 4.26. The molecule has 0 atom stereocenters. The third kappa shape index (κ3) is 3.09. The van der Waals surface area contributed by atoms with E-state index in [1.807, 2.05) is 0 Å². The summed E-state index contributed by atoms with van der Waals surface area (Å²) in [6, 6.07) is 19.9. The van der Waals surface area contributed by atoms with Gasteiger partial charge < -0.3 is 5.32 Å². The van der Waals surface area contributed by atoms with Crippen LogP contribution in [0.2, 0.25) is 5.02 Å². The van der Waals surface area contributed by atoms with Gasteiger partial charge in [-0.1, -0.05) is 29.8 Å². The number of anilines is 2. The number of hydrogen-bond acceptors (Lipinski definition) is 3. The van der Waals surface area contributed by atoms with Gasteiger partial charge >= 0.3 is 0 Å². The molecule has 27 heavy (non-hydrogen) atoms. The maximum absolute atomic E-state index is 12.5. The first-order valence-corrected chi connectivity index (χ1v) is 8.57. The number of halogens is 1. The molecule has 1 aliphatic rings. The maximum Gasteiger partial charge on any atom is 0.266 e. The van der Waals surface area contributed by atoms with Crippen LogP contribution >= 0.6 is 11.6 Å². The minimum Gasteiger partial charge on any atom is -0.322 e. The van der Waals surface area contributed by atoms with Gasteiger partial charge in [-0.3, -0.25) is 14.4 Å². The van der Waals surface area contributed by atoms with Crippen molar-refractivity contribution in [2.75, 3.05) is 10.2 Å². The number of imide groups is 1. The maximum atomic E-state index is 12.5. The summed E-state index contributed by atoms with van der Waals surface area (Å²) in [7, 11) is 0. The van der Waals surface area contributed by atoms with Crippen molar-refractivity contribution in [3.8, 4) is 0 Å². The van der Waals surface area contributed by atoms with Crippen LogP contribution in [0.5, 0.6) is 0 Å². The Hall–Kier alpha value is -3.44. The monoisotopic (exact) mass is 376 g/mol. The topological polar surface area (TPSA) is 66.5 Å². The van der Waals surface area contributed by atoms with Crippen LogP contribution in [0.15, 0.2) is 72.8 Å². The second-order valence-corrected chi connectivity index (χ2v) is 6.44. The average molecular weight is 377 g/mol. The molecule has 0 aliphatic carbocycles. The molecule has 0 aromatic heterocycles. The van der Waals surface area contributed by atoms with Crippen LogP contribution in [0.3, 0.4) is 0 Å². The Kier molecular flexibility index (Phi) is 4.22. The van der Waals surface area contributed by atoms with Crippen LogP contribution in [0.1, 0.15) is 31.1 Å². The Labute approximate surface area is 160 Å². The largest absolute Gasteiger partial charge is 0.322 e. The second-order valence-electron chi connectivity index (χ2n) is 6.00. The molecule has 3 amide bonds. The first-order chi connectivity index (χ1) is 13.0. The van der Waals surface area contributed by atoms with E-state index in [4.69, 9.17) is 11.6 Å². The quantitative estimate of drug-likeness (QED) is 0.689. The van der Waals surface area contributed by atoms with Crippen molar-refractivity contribution in [1.82, 2.24) is 0 Å². The Morgan fingerprint density at radius 3 is 2.04 bits per heavy atom. The summed E-state index contributed by atoms with van der Waals surface area (Å²) in [5.74, 6) is -1.01. The summed E-state index contributed by atoms with van der Waals surface area (Å²) < 4.78 is 0. The zero-order valence-electron chi connectivity index (χ0n) is 14.0. The lowest BCUT2D eigenvalue weighted by atomic mass is 10.1. The van der Waals surface area contributed by atoms with Crippen molar-refractivity contribution >= 4 is 40.7 Å². The van der Waals surface area contributed by atoms with Crippen molar-refractivity contribution in [2.24, 2.45) is 0 Å². The normalized spacial score (nSPS) is 12.9. The van der Waals surface area contributed by atoms with E-state index in [0.29, 0.717) is 33.1 Å². The summed E-state index contributed by atoms with van der Waals surface area (Å²) in [6.07, 6.45) is 0. The Balaban J connectivity index is 1.54. The summed E-state index contributed by atoms with van der Waals surface area (Å²) in [4.78, 5) is 38.4. The summed E-state index contributed by atoms with van der Waals surface area (Å²) in [5, 5.41) is 3.23. The van der Waals surface area contributed by atoms with E-state index >= 15 is 0 Å². The zero-order chi connectivity index (χ0) is 19.0. The Bertz CT molecular complexity index is 1040. The van der Waals surface area contributed by atoms with Gasteiger partial charge in [0.05, 0.1) is 16.8 Å². The predicted octanol–water partition coefficient (Wildman–Crippen LogP) is 4.39. The van der Waals surface area contributed by atoms with E-state index in [1.165, 1.54) is 0 Å². The second kappa shape index (κ2) is 6.70. The van der Waals surface area contributed by atoms with Gasteiger partial charge in [-0.15, -0.1) is 0 Å². The fourth-order valence-corrected chi connectivity index (χ4v) is 3.14. The molecule has 4 rings (SSSR count). The molecule has 132 valence electrons. The standard InChI is InChI=1S/C21H13ClN2O3/c22-14-5-3-4-13(12-14)19(25)23-15-8-10-16(11-9-15)24-20(26)17-6-1-2-7-18(17)21(24)27/h1-12H,(H,23,25). The number of carbonyl (C=O) groups is 3. The number of benzene rings is 3. The number of amides is 3. The van der Waals surface area contributed by atoms with E-state index in [0.717, 1.165) is 4.90 Å². The molecule has 0 spiro atoms. The number of rotatable bonds is 3. The SMILES string of the molecule is O=C(Nc1ccc(N2C(=O)c3ccccc3C2=O)cc1)c1cccc(Cl)c1. The van der Waals surface area contributed by atoms with Gasteiger partial charge in [-0.2, -0.15) is 0 Å². The van der Waals surface area contributed by atoms with Gasteiger partial charge in [0.1, 0.15) is 0 Å². The number of nitrogens with one attached hydrogen (secondary N) is 1. The molecular formula is C21H13ClN2O3. The first-order valence-electron chi connectivity index (χ1n) is 8.19. The highest BCUT2D eigenvalue weighted by atomic mass is 35.5. The van der Waals surface area contributed by atoms with Crippen LogP contribution in [0.4, 0.5) is 11.4 Å². The van der Waals surface area contributed by atoms with Gasteiger partial charge in [0, 0.05) is 16.3 Å². The highest BCUT2D eigenvalue weighted by molar-refractivity contribution is 6.34. The van der Waals surface area contributed by atoms with Gasteiger partial charge in [0.2, 0.25) is 0 Å².